The summed E-state index contributed by atoms with van der Waals surface area (Å²) in [6.45, 7) is 10.4. The Balaban J connectivity index is 1.83. The van der Waals surface area contributed by atoms with Gasteiger partial charge < -0.3 is 10.6 Å². The number of thiocarbonyl (C=S) groups is 1. The maximum atomic E-state index is 5.38. The van der Waals surface area contributed by atoms with Crippen molar-refractivity contribution in [3.8, 4) is 0 Å². The number of hydrogen-bond acceptors (Lipinski definition) is 2. The lowest BCUT2D eigenvalue weighted by Crippen LogP contribution is -2.28. The molecule has 4 heteroatoms. The predicted octanol–water partition coefficient (Wildman–Crippen LogP) is 4.32. The van der Waals surface area contributed by atoms with Crippen molar-refractivity contribution >= 4 is 23.0 Å². The van der Waals surface area contributed by atoms with Crippen molar-refractivity contribution in [1.82, 2.24) is 10.2 Å². The Bertz CT molecular complexity index is 648. The molecule has 0 saturated carbocycles. The van der Waals surface area contributed by atoms with Gasteiger partial charge in [0.2, 0.25) is 0 Å². The van der Waals surface area contributed by atoms with Crippen molar-refractivity contribution in [3.05, 3.63) is 65.2 Å². The quantitative estimate of drug-likeness (QED) is 0.733. The van der Waals surface area contributed by atoms with Gasteiger partial charge in [-0.1, -0.05) is 56.3 Å². The van der Waals surface area contributed by atoms with E-state index in [9.17, 15) is 0 Å². The number of aryl methyl sites for hydroxylation is 1. The highest BCUT2D eigenvalue weighted by Gasteiger charge is 2.03. The van der Waals surface area contributed by atoms with Gasteiger partial charge >= 0.3 is 0 Å². The van der Waals surface area contributed by atoms with Crippen LogP contribution in [0.15, 0.2) is 48.5 Å². The average molecular weight is 342 g/mol. The molecule has 0 heterocycles. The second-order valence-corrected chi connectivity index (χ2v) is 6.31. The zero-order chi connectivity index (χ0) is 17.4. The van der Waals surface area contributed by atoms with Gasteiger partial charge in [-0.25, -0.2) is 0 Å². The van der Waals surface area contributed by atoms with Crippen molar-refractivity contribution in [2.75, 3.05) is 18.4 Å². The number of nitrogens with zero attached hydrogens (tertiary/aromatic N) is 1. The van der Waals surface area contributed by atoms with Gasteiger partial charge in [-0.05, 0) is 55.0 Å². The largest absolute Gasteiger partial charge is 0.358 e. The Morgan fingerprint density at radius 1 is 0.958 bits per heavy atom. The van der Waals surface area contributed by atoms with E-state index in [1.54, 1.807) is 0 Å². The molecule has 0 saturated heterocycles. The third kappa shape index (κ3) is 5.62. The van der Waals surface area contributed by atoms with E-state index in [0.29, 0.717) is 5.11 Å². The average Bonchev–Trinajstić information content (AvgIpc) is 2.61. The second kappa shape index (κ2) is 9.40. The van der Waals surface area contributed by atoms with Gasteiger partial charge in [-0.2, -0.15) is 0 Å². The SMILES string of the molecule is CCN(CC)Cc1ccc(CNC(=S)Nc2ccccc2C)cc1. The fraction of sp³-hybridized carbons (Fsp3) is 0.350. The molecule has 0 aliphatic carbocycles. The van der Waals surface area contributed by atoms with E-state index in [1.807, 2.05) is 18.2 Å². The maximum Gasteiger partial charge on any atom is 0.171 e. The van der Waals surface area contributed by atoms with Gasteiger partial charge in [0.25, 0.3) is 0 Å². The van der Waals surface area contributed by atoms with Gasteiger partial charge in [-0.15, -0.1) is 0 Å². The minimum absolute atomic E-state index is 0.650. The van der Waals surface area contributed by atoms with E-state index in [-0.39, 0.29) is 0 Å². The summed E-state index contributed by atoms with van der Waals surface area (Å²) in [7, 11) is 0. The van der Waals surface area contributed by atoms with Crippen LogP contribution in [0.2, 0.25) is 0 Å². The molecule has 0 atom stereocenters. The van der Waals surface area contributed by atoms with Crippen LogP contribution in [-0.2, 0) is 13.1 Å². The minimum Gasteiger partial charge on any atom is -0.358 e. The van der Waals surface area contributed by atoms with Crippen molar-refractivity contribution < 1.29 is 0 Å². The van der Waals surface area contributed by atoms with Crippen LogP contribution < -0.4 is 10.6 Å². The third-order valence-corrected chi connectivity index (χ3v) is 4.42. The molecule has 2 rings (SSSR count). The summed E-state index contributed by atoms with van der Waals surface area (Å²) in [5.74, 6) is 0. The first-order chi connectivity index (χ1) is 11.6. The molecule has 2 aromatic carbocycles. The summed E-state index contributed by atoms with van der Waals surface area (Å²) in [5, 5.41) is 7.16. The molecule has 0 spiro atoms. The molecule has 0 aliphatic heterocycles. The van der Waals surface area contributed by atoms with E-state index >= 15 is 0 Å². The lowest BCUT2D eigenvalue weighted by atomic mass is 10.1. The summed E-state index contributed by atoms with van der Waals surface area (Å²) >= 11 is 5.38. The van der Waals surface area contributed by atoms with E-state index in [4.69, 9.17) is 12.2 Å². The molecule has 0 aromatic heterocycles. The van der Waals surface area contributed by atoms with Gasteiger partial charge in [0.05, 0.1) is 0 Å². The molecular formula is C20H27N3S. The number of nitrogens with one attached hydrogen (secondary N) is 2. The number of anilines is 1. The highest BCUT2D eigenvalue weighted by Crippen LogP contribution is 2.13. The van der Waals surface area contributed by atoms with Crippen molar-refractivity contribution in [2.45, 2.75) is 33.9 Å². The molecule has 0 aliphatic rings. The standard InChI is InChI=1S/C20H27N3S/c1-4-23(5-2)15-18-12-10-17(11-13-18)14-21-20(24)22-19-9-7-6-8-16(19)3/h6-13H,4-5,14-15H2,1-3H3,(H2,21,22,24). The van der Waals surface area contributed by atoms with Crippen molar-refractivity contribution in [1.29, 1.82) is 0 Å². The van der Waals surface area contributed by atoms with Crippen LogP contribution >= 0.6 is 12.2 Å². The number of para-hydroxylation sites is 1. The van der Waals surface area contributed by atoms with Gasteiger partial charge in [0.1, 0.15) is 0 Å². The fourth-order valence-corrected chi connectivity index (χ4v) is 2.71. The first-order valence-corrected chi connectivity index (χ1v) is 8.93. The summed E-state index contributed by atoms with van der Waals surface area (Å²) < 4.78 is 0. The lowest BCUT2D eigenvalue weighted by molar-refractivity contribution is 0.296. The minimum atomic E-state index is 0.650. The zero-order valence-electron chi connectivity index (χ0n) is 14.8. The molecule has 0 amide bonds. The highest BCUT2D eigenvalue weighted by molar-refractivity contribution is 7.80. The summed E-state index contributed by atoms with van der Waals surface area (Å²) in [5.41, 5.74) is 4.81. The topological polar surface area (TPSA) is 27.3 Å². The first-order valence-electron chi connectivity index (χ1n) is 8.53. The molecule has 3 nitrogen and oxygen atoms in total. The molecular weight excluding hydrogens is 314 g/mol. The predicted molar refractivity (Wildman–Crippen MR) is 107 cm³/mol. The Labute approximate surface area is 151 Å². The summed E-state index contributed by atoms with van der Waals surface area (Å²) in [4.78, 5) is 2.41. The molecule has 0 radical (unpaired) electrons. The van der Waals surface area contributed by atoms with Crippen molar-refractivity contribution in [3.63, 3.8) is 0 Å². The van der Waals surface area contributed by atoms with Crippen molar-refractivity contribution in [2.24, 2.45) is 0 Å². The number of rotatable bonds is 7. The molecule has 2 N–H and O–H groups in total. The Morgan fingerprint density at radius 3 is 2.21 bits per heavy atom. The second-order valence-electron chi connectivity index (χ2n) is 5.90. The third-order valence-electron chi connectivity index (χ3n) is 4.17. The fourth-order valence-electron chi connectivity index (χ4n) is 2.53. The maximum absolute atomic E-state index is 5.38. The van der Waals surface area contributed by atoms with E-state index in [1.165, 1.54) is 16.7 Å². The van der Waals surface area contributed by atoms with Crippen LogP contribution in [0.1, 0.15) is 30.5 Å². The zero-order valence-corrected chi connectivity index (χ0v) is 15.6. The molecule has 2 aromatic rings. The molecule has 0 fully saturated rings. The van der Waals surface area contributed by atoms with Crippen LogP contribution in [-0.4, -0.2) is 23.1 Å². The van der Waals surface area contributed by atoms with E-state index < -0.39 is 0 Å². The Kier molecular flexibility index (Phi) is 7.22. The first kappa shape index (κ1) is 18.4. The molecule has 128 valence electrons. The van der Waals surface area contributed by atoms with Crippen LogP contribution in [0, 0.1) is 6.92 Å². The van der Waals surface area contributed by atoms with Crippen LogP contribution in [0.25, 0.3) is 0 Å². The summed E-state index contributed by atoms with van der Waals surface area (Å²) in [6.07, 6.45) is 0. The van der Waals surface area contributed by atoms with E-state index in [0.717, 1.165) is 31.9 Å². The normalized spacial score (nSPS) is 10.7. The monoisotopic (exact) mass is 341 g/mol. The van der Waals surface area contributed by atoms with Crippen LogP contribution in [0.4, 0.5) is 5.69 Å². The van der Waals surface area contributed by atoms with Gasteiger partial charge in [-0.3, -0.25) is 4.90 Å². The highest BCUT2D eigenvalue weighted by atomic mass is 32.1. The summed E-state index contributed by atoms with van der Waals surface area (Å²) in [6, 6.07) is 16.9. The molecule has 0 unspecified atom stereocenters. The van der Waals surface area contributed by atoms with E-state index in [2.05, 4.69) is 66.6 Å². The number of hydrogen-bond donors (Lipinski definition) is 2. The van der Waals surface area contributed by atoms with Gasteiger partial charge in [0, 0.05) is 18.8 Å². The smallest absolute Gasteiger partial charge is 0.171 e. The lowest BCUT2D eigenvalue weighted by Gasteiger charge is -2.18. The Morgan fingerprint density at radius 2 is 1.58 bits per heavy atom. The Hall–Kier alpha value is -1.91. The number of benzene rings is 2. The van der Waals surface area contributed by atoms with Gasteiger partial charge in [0.15, 0.2) is 5.11 Å². The molecule has 0 bridgehead atoms. The van der Waals surface area contributed by atoms with Crippen LogP contribution in [0.5, 0.6) is 0 Å². The molecule has 24 heavy (non-hydrogen) atoms. The van der Waals surface area contributed by atoms with Crippen LogP contribution in [0.3, 0.4) is 0 Å².